The van der Waals surface area contributed by atoms with Gasteiger partial charge in [0, 0.05) is 18.7 Å². The van der Waals surface area contributed by atoms with Crippen LogP contribution in [0.25, 0.3) is 0 Å². The van der Waals surface area contributed by atoms with Crippen molar-refractivity contribution in [3.05, 3.63) is 35.1 Å². The van der Waals surface area contributed by atoms with Gasteiger partial charge in [-0.25, -0.2) is 9.18 Å². The first-order valence-electron chi connectivity index (χ1n) is 6.95. The van der Waals surface area contributed by atoms with Gasteiger partial charge in [-0.3, -0.25) is 0 Å². The predicted octanol–water partition coefficient (Wildman–Crippen LogP) is 2.31. The smallest absolute Gasteiger partial charge is 0.335 e. The van der Waals surface area contributed by atoms with Crippen LogP contribution >= 0.6 is 0 Å². The first-order chi connectivity index (χ1) is 9.50. The van der Waals surface area contributed by atoms with Crippen molar-refractivity contribution in [1.29, 1.82) is 0 Å². The van der Waals surface area contributed by atoms with E-state index in [0.717, 1.165) is 38.2 Å². The SMILES string of the molecule is O=C(O)c1ccc(F)c(CNCC2(O)CCCCC2)c1. The molecule has 0 amide bonds. The molecule has 0 unspecified atom stereocenters. The van der Waals surface area contributed by atoms with Crippen LogP contribution in [0.2, 0.25) is 0 Å². The van der Waals surface area contributed by atoms with Crippen molar-refractivity contribution in [2.24, 2.45) is 0 Å². The van der Waals surface area contributed by atoms with Gasteiger partial charge < -0.3 is 15.5 Å². The van der Waals surface area contributed by atoms with Crippen molar-refractivity contribution < 1.29 is 19.4 Å². The molecule has 1 saturated carbocycles. The minimum Gasteiger partial charge on any atom is -0.478 e. The van der Waals surface area contributed by atoms with Crippen LogP contribution in [0.15, 0.2) is 18.2 Å². The van der Waals surface area contributed by atoms with Crippen LogP contribution in [0.3, 0.4) is 0 Å². The second kappa shape index (κ2) is 6.33. The van der Waals surface area contributed by atoms with E-state index < -0.39 is 17.4 Å². The maximum Gasteiger partial charge on any atom is 0.335 e. The average Bonchev–Trinajstić information content (AvgIpc) is 2.41. The van der Waals surface area contributed by atoms with E-state index in [2.05, 4.69) is 5.32 Å². The summed E-state index contributed by atoms with van der Waals surface area (Å²) in [6.45, 7) is 0.624. The Kier molecular flexibility index (Phi) is 4.73. The molecule has 0 bridgehead atoms. The maximum absolute atomic E-state index is 13.6. The van der Waals surface area contributed by atoms with E-state index in [9.17, 15) is 14.3 Å². The predicted molar refractivity (Wildman–Crippen MR) is 73.1 cm³/mol. The fraction of sp³-hybridized carbons (Fsp3) is 0.533. The van der Waals surface area contributed by atoms with E-state index in [-0.39, 0.29) is 12.1 Å². The number of nitrogens with one attached hydrogen (secondary N) is 1. The zero-order valence-electron chi connectivity index (χ0n) is 11.4. The van der Waals surface area contributed by atoms with Crippen LogP contribution < -0.4 is 5.32 Å². The Morgan fingerprint density at radius 2 is 2.00 bits per heavy atom. The highest BCUT2D eigenvalue weighted by Gasteiger charge is 2.28. The molecule has 3 N–H and O–H groups in total. The highest BCUT2D eigenvalue weighted by Crippen LogP contribution is 2.27. The summed E-state index contributed by atoms with van der Waals surface area (Å²) in [6.07, 6.45) is 4.70. The standard InChI is InChI=1S/C15H20FNO3/c16-13-5-4-11(14(18)19)8-12(13)9-17-10-15(20)6-2-1-3-7-15/h4-5,8,17,20H,1-3,6-7,9-10H2,(H,18,19). The molecule has 5 heteroatoms. The number of benzene rings is 1. The van der Waals surface area contributed by atoms with E-state index in [1.54, 1.807) is 0 Å². The van der Waals surface area contributed by atoms with Crippen molar-refractivity contribution in [3.63, 3.8) is 0 Å². The summed E-state index contributed by atoms with van der Waals surface area (Å²) in [5.41, 5.74) is -0.331. The molecule has 0 spiro atoms. The molecule has 0 saturated heterocycles. The molecular formula is C15H20FNO3. The van der Waals surface area contributed by atoms with Gasteiger partial charge in [0.1, 0.15) is 5.82 Å². The number of rotatable bonds is 5. The Balaban J connectivity index is 1.93. The van der Waals surface area contributed by atoms with Crippen molar-refractivity contribution in [1.82, 2.24) is 5.32 Å². The van der Waals surface area contributed by atoms with Crippen molar-refractivity contribution in [3.8, 4) is 0 Å². The number of hydrogen-bond acceptors (Lipinski definition) is 3. The van der Waals surface area contributed by atoms with Gasteiger partial charge in [-0.2, -0.15) is 0 Å². The summed E-state index contributed by atoms with van der Waals surface area (Å²) in [5.74, 6) is -1.50. The first-order valence-corrected chi connectivity index (χ1v) is 6.95. The molecule has 4 nitrogen and oxygen atoms in total. The molecule has 1 aromatic carbocycles. The first kappa shape index (κ1) is 14.9. The average molecular weight is 281 g/mol. The third-order valence-corrected chi connectivity index (χ3v) is 3.85. The van der Waals surface area contributed by atoms with E-state index in [0.29, 0.717) is 12.1 Å². The van der Waals surface area contributed by atoms with Crippen LogP contribution in [0, 0.1) is 5.82 Å². The molecular weight excluding hydrogens is 261 g/mol. The molecule has 1 aliphatic rings. The monoisotopic (exact) mass is 281 g/mol. The van der Waals surface area contributed by atoms with Crippen LogP contribution in [0.4, 0.5) is 4.39 Å². The molecule has 0 atom stereocenters. The molecule has 1 aliphatic carbocycles. The van der Waals surface area contributed by atoms with E-state index in [1.807, 2.05) is 0 Å². The van der Waals surface area contributed by atoms with E-state index >= 15 is 0 Å². The zero-order chi connectivity index (χ0) is 14.6. The summed E-state index contributed by atoms with van der Waals surface area (Å²) in [7, 11) is 0. The Morgan fingerprint density at radius 1 is 1.30 bits per heavy atom. The molecule has 1 aromatic rings. The maximum atomic E-state index is 13.6. The third-order valence-electron chi connectivity index (χ3n) is 3.85. The number of aliphatic hydroxyl groups is 1. The minimum atomic E-state index is -1.07. The number of carboxylic acids is 1. The lowest BCUT2D eigenvalue weighted by Crippen LogP contribution is -2.42. The van der Waals surface area contributed by atoms with Crippen LogP contribution in [0.5, 0.6) is 0 Å². The van der Waals surface area contributed by atoms with Gasteiger partial charge in [0.2, 0.25) is 0 Å². The van der Waals surface area contributed by atoms with Crippen LogP contribution in [0.1, 0.15) is 48.0 Å². The van der Waals surface area contributed by atoms with Gasteiger partial charge in [-0.1, -0.05) is 19.3 Å². The summed E-state index contributed by atoms with van der Waals surface area (Å²) >= 11 is 0. The highest BCUT2D eigenvalue weighted by molar-refractivity contribution is 5.87. The van der Waals surface area contributed by atoms with Gasteiger partial charge in [-0.15, -0.1) is 0 Å². The number of halogens is 1. The molecule has 110 valence electrons. The van der Waals surface area contributed by atoms with Crippen molar-refractivity contribution >= 4 is 5.97 Å². The summed E-state index contributed by atoms with van der Waals surface area (Å²) < 4.78 is 13.6. The van der Waals surface area contributed by atoms with Crippen molar-refractivity contribution in [2.45, 2.75) is 44.2 Å². The topological polar surface area (TPSA) is 69.6 Å². The Bertz CT molecular complexity index is 484. The number of aromatic carboxylic acids is 1. The highest BCUT2D eigenvalue weighted by atomic mass is 19.1. The Hall–Kier alpha value is -1.46. The van der Waals surface area contributed by atoms with Gasteiger partial charge in [0.15, 0.2) is 0 Å². The second-order valence-electron chi connectivity index (χ2n) is 5.50. The molecule has 0 aliphatic heterocycles. The van der Waals surface area contributed by atoms with Crippen LogP contribution in [-0.2, 0) is 6.54 Å². The Labute approximate surface area is 117 Å². The summed E-state index contributed by atoms with van der Waals surface area (Å²) in [4.78, 5) is 10.9. The lowest BCUT2D eigenvalue weighted by molar-refractivity contribution is 0.00461. The second-order valence-corrected chi connectivity index (χ2v) is 5.50. The normalized spacial score (nSPS) is 17.9. The lowest BCUT2D eigenvalue weighted by Gasteiger charge is -2.32. The summed E-state index contributed by atoms with van der Waals surface area (Å²) in [6, 6.07) is 3.74. The summed E-state index contributed by atoms with van der Waals surface area (Å²) in [5, 5.41) is 22.2. The molecule has 1 fully saturated rings. The van der Waals surface area contributed by atoms with Gasteiger partial charge >= 0.3 is 5.97 Å². The quantitative estimate of drug-likeness (QED) is 0.774. The molecule has 0 aromatic heterocycles. The lowest BCUT2D eigenvalue weighted by atomic mass is 9.85. The Morgan fingerprint density at radius 3 is 2.65 bits per heavy atom. The zero-order valence-corrected chi connectivity index (χ0v) is 11.4. The molecule has 0 radical (unpaired) electrons. The molecule has 0 heterocycles. The molecule has 2 rings (SSSR count). The van der Waals surface area contributed by atoms with E-state index in [1.165, 1.54) is 12.1 Å². The van der Waals surface area contributed by atoms with E-state index in [4.69, 9.17) is 5.11 Å². The minimum absolute atomic E-state index is 0.0691. The third kappa shape index (κ3) is 3.77. The fourth-order valence-electron chi connectivity index (χ4n) is 2.66. The van der Waals surface area contributed by atoms with Gasteiger partial charge in [0.25, 0.3) is 0 Å². The van der Waals surface area contributed by atoms with Gasteiger partial charge in [-0.05, 0) is 31.0 Å². The fourth-order valence-corrected chi connectivity index (χ4v) is 2.66. The largest absolute Gasteiger partial charge is 0.478 e. The number of hydrogen-bond donors (Lipinski definition) is 3. The molecule has 20 heavy (non-hydrogen) atoms. The van der Waals surface area contributed by atoms with Crippen molar-refractivity contribution in [2.75, 3.05) is 6.54 Å². The van der Waals surface area contributed by atoms with Crippen LogP contribution in [-0.4, -0.2) is 28.3 Å². The number of carbonyl (C=O) groups is 1. The number of carboxylic acid groups (broad SMARTS) is 1. The van der Waals surface area contributed by atoms with Gasteiger partial charge in [0.05, 0.1) is 11.2 Å².